The fraction of sp³-hybridized carbons (Fsp3) is 0.429. The molecule has 0 saturated heterocycles. The van der Waals surface area contributed by atoms with Crippen molar-refractivity contribution >= 4 is 17.5 Å². The maximum atomic E-state index is 12.5. The van der Waals surface area contributed by atoms with Crippen molar-refractivity contribution in [2.75, 3.05) is 7.05 Å². The van der Waals surface area contributed by atoms with Crippen LogP contribution in [0.4, 0.5) is 0 Å². The third kappa shape index (κ3) is 3.39. The molecule has 2 aromatic heterocycles. The van der Waals surface area contributed by atoms with Crippen molar-refractivity contribution < 1.29 is 4.79 Å². The normalized spacial score (nSPS) is 11.0. The number of rotatable bonds is 4. The Labute approximate surface area is 128 Å². The molecule has 0 aromatic carbocycles. The van der Waals surface area contributed by atoms with Crippen molar-refractivity contribution in [1.82, 2.24) is 24.4 Å². The zero-order valence-electron chi connectivity index (χ0n) is 12.5. The number of hydrogen-bond acceptors (Lipinski definition) is 4. The Morgan fingerprint density at radius 3 is 2.71 bits per heavy atom. The van der Waals surface area contributed by atoms with E-state index in [0.717, 1.165) is 5.82 Å². The monoisotopic (exact) mass is 307 g/mol. The molecule has 112 valence electrons. The van der Waals surface area contributed by atoms with Gasteiger partial charge in [0.2, 0.25) is 0 Å². The second-order valence-electron chi connectivity index (χ2n) is 5.20. The molecular weight excluding hydrogens is 290 g/mol. The molecule has 0 spiro atoms. The van der Waals surface area contributed by atoms with Gasteiger partial charge in [0.1, 0.15) is 11.6 Å². The van der Waals surface area contributed by atoms with E-state index in [1.54, 1.807) is 18.1 Å². The van der Waals surface area contributed by atoms with Gasteiger partial charge < -0.3 is 9.47 Å². The molecule has 0 aliphatic rings. The number of aromatic nitrogens is 4. The van der Waals surface area contributed by atoms with E-state index in [9.17, 15) is 4.79 Å². The lowest BCUT2D eigenvalue weighted by Crippen LogP contribution is -2.29. The number of carbonyl (C=O) groups is 1. The summed E-state index contributed by atoms with van der Waals surface area (Å²) in [5.41, 5.74) is 0.229. The van der Waals surface area contributed by atoms with Crippen molar-refractivity contribution in [3.05, 3.63) is 41.0 Å². The molecular formula is C14H18ClN5O. The van der Waals surface area contributed by atoms with Crippen molar-refractivity contribution in [1.29, 1.82) is 0 Å². The quantitative estimate of drug-likeness (QED) is 0.869. The molecule has 21 heavy (non-hydrogen) atoms. The summed E-state index contributed by atoms with van der Waals surface area (Å²) >= 11 is 6.06. The predicted molar refractivity (Wildman–Crippen MR) is 80.1 cm³/mol. The molecule has 1 amide bonds. The Bertz CT molecular complexity index is 653. The molecule has 7 heteroatoms. The zero-order valence-corrected chi connectivity index (χ0v) is 13.3. The number of imidazole rings is 1. The van der Waals surface area contributed by atoms with Gasteiger partial charge in [-0.2, -0.15) is 0 Å². The third-order valence-electron chi connectivity index (χ3n) is 3.13. The Hall–Kier alpha value is -1.95. The number of halogens is 1. The van der Waals surface area contributed by atoms with Crippen molar-refractivity contribution in [2.24, 2.45) is 7.05 Å². The van der Waals surface area contributed by atoms with Gasteiger partial charge in [-0.15, -0.1) is 0 Å². The number of amides is 1. The smallest absolute Gasteiger partial charge is 0.274 e. The van der Waals surface area contributed by atoms with Gasteiger partial charge in [0.15, 0.2) is 5.69 Å². The van der Waals surface area contributed by atoms with E-state index in [1.807, 2.05) is 31.7 Å². The molecule has 2 aromatic rings. The van der Waals surface area contributed by atoms with Crippen LogP contribution in [-0.2, 0) is 13.6 Å². The Morgan fingerprint density at radius 2 is 2.14 bits per heavy atom. The Balaban J connectivity index is 2.23. The van der Waals surface area contributed by atoms with Crippen LogP contribution in [-0.4, -0.2) is 37.4 Å². The number of aryl methyl sites for hydroxylation is 1. The second-order valence-corrected chi connectivity index (χ2v) is 5.60. The number of hydrogen-bond donors (Lipinski definition) is 0. The molecule has 2 rings (SSSR count). The van der Waals surface area contributed by atoms with Crippen LogP contribution in [0.2, 0.25) is 5.02 Å². The van der Waals surface area contributed by atoms with E-state index in [2.05, 4.69) is 15.0 Å². The summed E-state index contributed by atoms with van der Waals surface area (Å²) in [5.74, 6) is 1.29. The molecule has 0 saturated carbocycles. The molecule has 0 unspecified atom stereocenters. The van der Waals surface area contributed by atoms with Gasteiger partial charge in [-0.1, -0.05) is 25.4 Å². The van der Waals surface area contributed by atoms with Gasteiger partial charge in [0, 0.05) is 32.4 Å². The van der Waals surface area contributed by atoms with Gasteiger partial charge in [-0.3, -0.25) is 4.79 Å². The van der Waals surface area contributed by atoms with E-state index in [0.29, 0.717) is 12.4 Å². The van der Waals surface area contributed by atoms with E-state index in [-0.39, 0.29) is 22.5 Å². The highest BCUT2D eigenvalue weighted by molar-refractivity contribution is 6.33. The van der Waals surface area contributed by atoms with Crippen molar-refractivity contribution in [2.45, 2.75) is 26.3 Å². The van der Waals surface area contributed by atoms with Crippen molar-refractivity contribution in [3.8, 4) is 0 Å². The maximum absolute atomic E-state index is 12.5. The minimum Gasteiger partial charge on any atom is -0.337 e. The molecule has 0 bridgehead atoms. The fourth-order valence-electron chi connectivity index (χ4n) is 1.82. The highest BCUT2D eigenvalue weighted by Crippen LogP contribution is 2.18. The molecule has 6 nitrogen and oxygen atoms in total. The molecule has 2 heterocycles. The minimum atomic E-state index is -0.243. The molecule has 0 aliphatic carbocycles. The predicted octanol–water partition coefficient (Wildman–Crippen LogP) is 2.26. The van der Waals surface area contributed by atoms with Gasteiger partial charge >= 0.3 is 0 Å². The molecule has 0 N–H and O–H groups in total. The Morgan fingerprint density at radius 1 is 1.43 bits per heavy atom. The molecule has 0 aliphatic heterocycles. The first-order valence-corrected chi connectivity index (χ1v) is 7.02. The fourth-order valence-corrected chi connectivity index (χ4v) is 1.99. The topological polar surface area (TPSA) is 63.9 Å². The van der Waals surface area contributed by atoms with Gasteiger partial charge in [-0.05, 0) is 0 Å². The van der Waals surface area contributed by atoms with Crippen LogP contribution >= 0.6 is 11.6 Å². The highest BCUT2D eigenvalue weighted by Gasteiger charge is 2.20. The average molecular weight is 308 g/mol. The zero-order chi connectivity index (χ0) is 15.6. The van der Waals surface area contributed by atoms with Gasteiger partial charge in [0.25, 0.3) is 5.91 Å². The van der Waals surface area contributed by atoms with Gasteiger partial charge in [0.05, 0.1) is 17.8 Å². The first kappa shape index (κ1) is 15.4. The van der Waals surface area contributed by atoms with Crippen LogP contribution in [0.25, 0.3) is 0 Å². The highest BCUT2D eigenvalue weighted by atomic mass is 35.5. The van der Waals surface area contributed by atoms with E-state index in [1.165, 1.54) is 6.20 Å². The summed E-state index contributed by atoms with van der Waals surface area (Å²) in [6.45, 7) is 4.32. The van der Waals surface area contributed by atoms with Crippen LogP contribution in [0.5, 0.6) is 0 Å². The van der Waals surface area contributed by atoms with Crippen LogP contribution in [0.15, 0.2) is 18.6 Å². The summed E-state index contributed by atoms with van der Waals surface area (Å²) < 4.78 is 1.87. The lowest BCUT2D eigenvalue weighted by Gasteiger charge is -2.17. The van der Waals surface area contributed by atoms with E-state index < -0.39 is 0 Å². The number of carbonyl (C=O) groups excluding carboxylic acids is 1. The summed E-state index contributed by atoms with van der Waals surface area (Å²) in [4.78, 5) is 26.7. The summed E-state index contributed by atoms with van der Waals surface area (Å²) in [7, 11) is 3.58. The van der Waals surface area contributed by atoms with E-state index >= 15 is 0 Å². The van der Waals surface area contributed by atoms with Crippen LogP contribution in [0, 0.1) is 0 Å². The largest absolute Gasteiger partial charge is 0.337 e. The SMILES string of the molecule is CC(C)c1ncc(Cl)c(C(=O)N(C)Cc2nccn2C)n1. The molecule has 0 atom stereocenters. The summed E-state index contributed by atoms with van der Waals surface area (Å²) in [5, 5.41) is 0.260. The van der Waals surface area contributed by atoms with Crippen LogP contribution < -0.4 is 0 Å². The van der Waals surface area contributed by atoms with Gasteiger partial charge in [-0.25, -0.2) is 15.0 Å². The van der Waals surface area contributed by atoms with Crippen LogP contribution in [0.3, 0.4) is 0 Å². The minimum absolute atomic E-state index is 0.133. The van der Waals surface area contributed by atoms with E-state index in [4.69, 9.17) is 11.6 Å². The lowest BCUT2D eigenvalue weighted by atomic mass is 10.2. The summed E-state index contributed by atoms with van der Waals surface area (Å²) in [6.07, 6.45) is 5.01. The number of nitrogens with zero attached hydrogens (tertiary/aromatic N) is 5. The van der Waals surface area contributed by atoms with Crippen molar-refractivity contribution in [3.63, 3.8) is 0 Å². The summed E-state index contributed by atoms with van der Waals surface area (Å²) in [6, 6.07) is 0. The first-order valence-electron chi connectivity index (χ1n) is 6.64. The molecule has 0 radical (unpaired) electrons. The second kappa shape index (κ2) is 6.22. The first-order chi connectivity index (χ1) is 9.90. The maximum Gasteiger partial charge on any atom is 0.274 e. The lowest BCUT2D eigenvalue weighted by molar-refractivity contribution is 0.0774. The Kier molecular flexibility index (Phi) is 4.57. The third-order valence-corrected chi connectivity index (χ3v) is 3.40. The molecule has 0 fully saturated rings. The average Bonchev–Trinajstić information content (AvgIpc) is 2.83. The van der Waals surface area contributed by atoms with Crippen LogP contribution in [0.1, 0.15) is 41.9 Å². The standard InChI is InChI=1S/C14H18ClN5O/c1-9(2)13-17-7-10(15)12(18-13)14(21)20(4)8-11-16-5-6-19(11)3/h5-7,9H,8H2,1-4H3.